The summed E-state index contributed by atoms with van der Waals surface area (Å²) in [5.41, 5.74) is -2.48. The molecule has 0 aliphatic heterocycles. The summed E-state index contributed by atoms with van der Waals surface area (Å²) in [6, 6.07) is 1.50. The van der Waals surface area contributed by atoms with Crippen molar-refractivity contribution in [1.29, 1.82) is 0 Å². The SMILES string of the molecule is [2H]c1c([2H])c([2H])c(-c2nc(-c3c([2H])c([2H])c4c(oc5c([2H])c([2H])c([2H])c([2H])c54)c3[2H])nc(-n3c4ccccc4c4ccc5c(c6ccccc6n5-c5c([2H])c([2H])c6c(oc7c([2H])c([2H])c([2H])c(-c8c([2H])c([2H])c([2H])c([2H])c8[2H])c76)c5[2H])c43)n2)c([2H])c1[2H]. The van der Waals surface area contributed by atoms with E-state index in [1.54, 1.807) is 65.2 Å². The van der Waals surface area contributed by atoms with E-state index in [4.69, 9.17) is 42.1 Å². The van der Waals surface area contributed by atoms with Crippen LogP contribution >= 0.6 is 0 Å². The summed E-state index contributed by atoms with van der Waals surface area (Å²) >= 11 is 0. The topological polar surface area (TPSA) is 74.8 Å². The van der Waals surface area contributed by atoms with E-state index in [9.17, 15) is 8.22 Å². The molecular weight excluding hydrogens is 787 g/mol. The lowest BCUT2D eigenvalue weighted by Crippen LogP contribution is -2.06. The molecule has 14 aromatic rings. The zero-order valence-corrected chi connectivity index (χ0v) is 32.3. The average molecular weight is 843 g/mol. The second-order valence-electron chi connectivity index (χ2n) is 14.6. The molecule has 0 bridgehead atoms. The molecule has 0 aliphatic carbocycles. The fourth-order valence-electron chi connectivity index (χ4n) is 8.53. The summed E-state index contributed by atoms with van der Waals surface area (Å²) in [6.45, 7) is 0. The van der Waals surface area contributed by atoms with E-state index in [-0.39, 0.29) is 44.3 Å². The van der Waals surface area contributed by atoms with Crippen LogP contribution in [-0.2, 0) is 0 Å². The minimum absolute atomic E-state index is 0.232. The molecule has 0 radical (unpaired) electrons. The minimum Gasteiger partial charge on any atom is -0.456 e. The largest absolute Gasteiger partial charge is 0.456 e. The van der Waals surface area contributed by atoms with Gasteiger partial charge < -0.3 is 13.4 Å². The summed E-state index contributed by atoms with van der Waals surface area (Å²) < 4.78 is 221. The summed E-state index contributed by atoms with van der Waals surface area (Å²) in [6.07, 6.45) is 0. The van der Waals surface area contributed by atoms with Crippen molar-refractivity contribution in [1.82, 2.24) is 24.1 Å². The second-order valence-corrected chi connectivity index (χ2v) is 14.6. The number of benzene rings is 9. The van der Waals surface area contributed by atoms with Crippen molar-refractivity contribution >= 4 is 87.5 Å². The van der Waals surface area contributed by atoms with Crippen molar-refractivity contribution in [2.45, 2.75) is 0 Å². The Morgan fingerprint density at radius 2 is 1.05 bits per heavy atom. The Bertz CT molecular complexity index is 5540. The van der Waals surface area contributed by atoms with Gasteiger partial charge in [0.25, 0.3) is 0 Å². The van der Waals surface area contributed by atoms with E-state index >= 15 is 0 Å². The highest BCUT2D eigenvalue weighted by molar-refractivity contribution is 6.26. The van der Waals surface area contributed by atoms with Crippen LogP contribution in [-0.4, -0.2) is 24.1 Å². The summed E-state index contributed by atoms with van der Waals surface area (Å²) in [7, 11) is 0. The molecule has 7 nitrogen and oxygen atoms in total. The Labute approximate surface area is 397 Å². The van der Waals surface area contributed by atoms with Crippen LogP contribution < -0.4 is 0 Å². The molecule has 0 fully saturated rings. The Balaban J connectivity index is 1.10. The van der Waals surface area contributed by atoms with Crippen LogP contribution in [0.4, 0.5) is 0 Å². The van der Waals surface area contributed by atoms with Crippen LogP contribution in [0.3, 0.4) is 0 Å². The molecule has 0 amide bonds. The van der Waals surface area contributed by atoms with Gasteiger partial charge in [0.05, 0.1) is 53.6 Å². The molecule has 64 heavy (non-hydrogen) atoms. The normalized spacial score (nSPS) is 17.1. The third-order valence-electron chi connectivity index (χ3n) is 11.2. The molecule has 0 unspecified atom stereocenters. The number of hydrogen-bond acceptors (Lipinski definition) is 5. The number of aromatic nitrogens is 5. The number of nitrogens with zero attached hydrogens (tertiary/aromatic N) is 5. The molecule has 0 N–H and O–H groups in total. The van der Waals surface area contributed by atoms with Gasteiger partial charge in [0.15, 0.2) is 11.6 Å². The number of para-hydroxylation sites is 3. The average Bonchev–Trinajstić information content (AvgIpc) is 1.58. The standard InChI is InChI=1S/C57H33N5O2/c1-3-14-34(15-4-1)38-21-13-25-49-52(38)44-29-27-37(33-51(44)64-49)61-46-23-11-8-20-43(46)53-47(61)31-30-42-39-18-7-10-22-45(39)62(54(42)53)57-59-55(35-16-5-2-6-17-35)58-56(60-57)36-26-28-41-40-19-9-12-24-48(40)63-50(41)32-36/h1-33H/i1D,2D,3D,4D,5D,6D,9D,12D,13D,14D,15D,16D,17D,19D,21D,24D,25D,26D,27D,28D,29D,32D,33D. The third-order valence-corrected chi connectivity index (χ3v) is 11.2. The van der Waals surface area contributed by atoms with Crippen molar-refractivity contribution in [2.75, 3.05) is 0 Å². The van der Waals surface area contributed by atoms with Gasteiger partial charge in [-0.3, -0.25) is 4.57 Å². The van der Waals surface area contributed by atoms with Crippen LogP contribution in [0.15, 0.2) is 208 Å². The molecule has 0 spiro atoms. The quantitative estimate of drug-likeness (QED) is 0.173. The maximum atomic E-state index is 9.94. The van der Waals surface area contributed by atoms with Gasteiger partial charge in [-0.2, -0.15) is 9.97 Å². The fraction of sp³-hybridized carbons (Fsp3) is 0. The molecule has 9 aromatic carbocycles. The van der Waals surface area contributed by atoms with Crippen molar-refractivity contribution in [3.05, 3.63) is 200 Å². The van der Waals surface area contributed by atoms with Gasteiger partial charge in [-0.05, 0) is 65.6 Å². The molecule has 5 aromatic heterocycles. The minimum atomic E-state index is -0.760. The van der Waals surface area contributed by atoms with Gasteiger partial charge in [-0.25, -0.2) is 4.98 Å². The maximum absolute atomic E-state index is 9.94. The Morgan fingerprint density at radius 3 is 1.89 bits per heavy atom. The lowest BCUT2D eigenvalue weighted by molar-refractivity contribution is 0.668. The zero-order valence-electron chi connectivity index (χ0n) is 55.3. The highest BCUT2D eigenvalue weighted by atomic mass is 16.3. The highest BCUT2D eigenvalue weighted by Gasteiger charge is 2.24. The molecule has 0 atom stereocenters. The lowest BCUT2D eigenvalue weighted by atomic mass is 9.99. The van der Waals surface area contributed by atoms with E-state index < -0.39 is 190 Å². The molecule has 0 aliphatic rings. The van der Waals surface area contributed by atoms with E-state index in [0.717, 1.165) is 0 Å². The van der Waals surface area contributed by atoms with E-state index in [1.165, 1.54) is 4.57 Å². The summed E-state index contributed by atoms with van der Waals surface area (Å²) in [4.78, 5) is 14.3. The Hall–Kier alpha value is -8.81. The number of furan rings is 2. The zero-order chi connectivity index (χ0) is 61.9. The number of hydrogen-bond donors (Lipinski definition) is 0. The summed E-state index contributed by atoms with van der Waals surface area (Å²) in [5.74, 6) is -1.40. The van der Waals surface area contributed by atoms with Crippen molar-refractivity contribution in [2.24, 2.45) is 0 Å². The monoisotopic (exact) mass is 842 g/mol. The van der Waals surface area contributed by atoms with Crippen LogP contribution in [0.25, 0.3) is 133 Å². The highest BCUT2D eigenvalue weighted by Crippen LogP contribution is 2.44. The van der Waals surface area contributed by atoms with Crippen molar-refractivity contribution in [3.63, 3.8) is 0 Å². The molecule has 298 valence electrons. The van der Waals surface area contributed by atoms with E-state index in [0.29, 0.717) is 38.1 Å². The smallest absolute Gasteiger partial charge is 0.238 e. The first-order valence-electron chi connectivity index (χ1n) is 31.1. The fourth-order valence-corrected chi connectivity index (χ4v) is 8.53. The van der Waals surface area contributed by atoms with Gasteiger partial charge in [-0.1, -0.05) is 139 Å². The molecule has 0 saturated carbocycles. The predicted octanol–water partition coefficient (Wildman–Crippen LogP) is 14.9. The van der Waals surface area contributed by atoms with Gasteiger partial charge >= 0.3 is 0 Å². The van der Waals surface area contributed by atoms with Crippen LogP contribution in [0.2, 0.25) is 0 Å². The first-order valence-corrected chi connectivity index (χ1v) is 19.6. The number of rotatable bonds is 5. The summed E-state index contributed by atoms with van der Waals surface area (Å²) in [5, 5.41) is 0.877. The Kier molecular flexibility index (Phi) is 4.06. The molecule has 0 saturated heterocycles. The van der Waals surface area contributed by atoms with Crippen molar-refractivity contribution < 1.29 is 40.4 Å². The van der Waals surface area contributed by atoms with Gasteiger partial charge in [0.1, 0.15) is 22.3 Å². The molecule has 14 rings (SSSR count). The predicted molar refractivity (Wildman–Crippen MR) is 259 cm³/mol. The van der Waals surface area contributed by atoms with Gasteiger partial charge in [0.2, 0.25) is 5.95 Å². The first-order chi connectivity index (χ1) is 41.3. The molecule has 5 heterocycles. The first kappa shape index (κ1) is 19.5. The maximum Gasteiger partial charge on any atom is 0.238 e. The molecular formula is C57H33N5O2. The third kappa shape index (κ3) is 5.06. The van der Waals surface area contributed by atoms with Crippen LogP contribution in [0.1, 0.15) is 31.5 Å². The van der Waals surface area contributed by atoms with E-state index in [1.807, 2.05) is 0 Å². The Morgan fingerprint density at radius 1 is 0.391 bits per heavy atom. The molecule has 7 heteroatoms. The van der Waals surface area contributed by atoms with Crippen LogP contribution in [0, 0.1) is 0 Å². The van der Waals surface area contributed by atoms with E-state index in [2.05, 4.69) is 4.98 Å². The van der Waals surface area contributed by atoms with Crippen LogP contribution in [0.5, 0.6) is 0 Å². The van der Waals surface area contributed by atoms with Gasteiger partial charge in [-0.15, -0.1) is 0 Å². The second kappa shape index (κ2) is 13.3. The number of fused-ring (bicyclic) bond motifs is 13. The lowest BCUT2D eigenvalue weighted by Gasteiger charge is -2.12. The van der Waals surface area contributed by atoms with Crippen molar-refractivity contribution in [3.8, 4) is 45.5 Å². The van der Waals surface area contributed by atoms with Gasteiger partial charge in [0, 0.05) is 65.9 Å².